The third kappa shape index (κ3) is 4.37. The van der Waals surface area contributed by atoms with Crippen LogP contribution >= 0.6 is 27.3 Å². The van der Waals surface area contributed by atoms with Gasteiger partial charge in [0.25, 0.3) is 5.91 Å². The Bertz CT molecular complexity index is 1480. The van der Waals surface area contributed by atoms with Gasteiger partial charge in [-0.25, -0.2) is 9.97 Å². The zero-order valence-electron chi connectivity index (χ0n) is 18.6. The molecule has 5 aromatic heterocycles. The zero-order valence-corrected chi connectivity index (χ0v) is 21.0. The zero-order chi connectivity index (χ0) is 23.8. The molecule has 1 aliphatic carbocycles. The second-order valence-electron chi connectivity index (χ2n) is 8.46. The fourth-order valence-electron chi connectivity index (χ4n) is 4.70. The average Bonchev–Trinajstić information content (AvgIpc) is 3.64. The lowest BCUT2D eigenvalue weighted by Gasteiger charge is -2.31. The van der Waals surface area contributed by atoms with Crippen LogP contribution in [0.4, 0.5) is 0 Å². The van der Waals surface area contributed by atoms with Gasteiger partial charge in [0.1, 0.15) is 5.69 Å². The van der Waals surface area contributed by atoms with Gasteiger partial charge in [-0.2, -0.15) is 10.2 Å². The van der Waals surface area contributed by atoms with E-state index in [2.05, 4.69) is 46.0 Å². The van der Waals surface area contributed by atoms with E-state index in [9.17, 15) is 4.79 Å². The van der Waals surface area contributed by atoms with Crippen molar-refractivity contribution in [2.45, 2.75) is 37.8 Å². The first-order chi connectivity index (χ1) is 17.2. The van der Waals surface area contributed by atoms with Gasteiger partial charge in [-0.3, -0.25) is 9.78 Å². The summed E-state index contributed by atoms with van der Waals surface area (Å²) in [6, 6.07) is 11.7. The van der Waals surface area contributed by atoms with Crippen LogP contribution in [-0.4, -0.2) is 46.5 Å². The van der Waals surface area contributed by atoms with Crippen LogP contribution in [0.1, 0.15) is 41.4 Å². The first-order valence-corrected chi connectivity index (χ1v) is 13.0. The Morgan fingerprint density at radius 2 is 1.97 bits per heavy atom. The number of nitrogens with one attached hydrogen (secondary N) is 1. The maximum atomic E-state index is 12.8. The number of imidazole rings is 1. The molecule has 2 atom stereocenters. The van der Waals surface area contributed by atoms with Crippen molar-refractivity contribution in [1.82, 2.24) is 39.8 Å². The van der Waals surface area contributed by atoms with Crippen molar-refractivity contribution >= 4 is 44.2 Å². The van der Waals surface area contributed by atoms with Gasteiger partial charge >= 0.3 is 0 Å². The highest BCUT2D eigenvalue weighted by Crippen LogP contribution is 2.36. The first kappa shape index (κ1) is 22.1. The predicted octanol–water partition coefficient (Wildman–Crippen LogP) is 4.81. The van der Waals surface area contributed by atoms with E-state index in [1.165, 1.54) is 16.1 Å². The van der Waals surface area contributed by atoms with Crippen LogP contribution in [0.5, 0.6) is 0 Å². The smallest absolute Gasteiger partial charge is 0.261 e. The first-order valence-electron chi connectivity index (χ1n) is 11.4. The topological polar surface area (TPSA) is 103 Å². The Morgan fingerprint density at radius 3 is 2.74 bits per heavy atom. The number of carbonyl (C=O) groups is 1. The number of carbonyl (C=O) groups excluding carboxylic acids is 1. The standard InChI is InChI=1S/C24H21BrN8OS/c25-21-8-7-20(35-21)24(34)30-15-4-3-5-16(12-15)32-19-14-27-22(33-28-10-11-29-33)13-18(19)31-23(32)17-6-1-2-9-26-17/h1-2,6-11,13-16H,3-5,12H2,(H,30,34). The maximum absolute atomic E-state index is 12.8. The Labute approximate surface area is 213 Å². The second-order valence-corrected chi connectivity index (χ2v) is 10.9. The van der Waals surface area contributed by atoms with E-state index in [0.717, 1.165) is 52.0 Å². The molecule has 1 amide bonds. The molecule has 6 rings (SSSR count). The van der Waals surface area contributed by atoms with Crippen molar-refractivity contribution < 1.29 is 4.79 Å². The van der Waals surface area contributed by atoms with Crippen molar-refractivity contribution in [3.8, 4) is 17.3 Å². The molecule has 0 saturated heterocycles. The van der Waals surface area contributed by atoms with E-state index in [4.69, 9.17) is 4.98 Å². The molecule has 176 valence electrons. The van der Waals surface area contributed by atoms with Crippen LogP contribution in [0.3, 0.4) is 0 Å². The summed E-state index contributed by atoms with van der Waals surface area (Å²) in [7, 11) is 0. The van der Waals surface area contributed by atoms with Crippen molar-refractivity contribution in [2.75, 3.05) is 0 Å². The number of hydrogen-bond donors (Lipinski definition) is 1. The van der Waals surface area contributed by atoms with Crippen LogP contribution in [0.25, 0.3) is 28.4 Å². The largest absolute Gasteiger partial charge is 0.349 e. The van der Waals surface area contributed by atoms with Gasteiger partial charge in [-0.1, -0.05) is 6.07 Å². The molecule has 5 heterocycles. The molecular weight excluding hydrogens is 528 g/mol. The number of hydrogen-bond acceptors (Lipinski definition) is 7. The van der Waals surface area contributed by atoms with E-state index in [1.807, 2.05) is 42.6 Å². The summed E-state index contributed by atoms with van der Waals surface area (Å²) in [5.41, 5.74) is 2.54. The van der Waals surface area contributed by atoms with Crippen LogP contribution in [0.15, 0.2) is 65.0 Å². The number of fused-ring (bicyclic) bond motifs is 1. The van der Waals surface area contributed by atoms with Crippen LogP contribution < -0.4 is 5.32 Å². The van der Waals surface area contributed by atoms with Gasteiger partial charge < -0.3 is 9.88 Å². The van der Waals surface area contributed by atoms with Crippen molar-refractivity contribution in [2.24, 2.45) is 0 Å². The van der Waals surface area contributed by atoms with Gasteiger partial charge in [-0.05, 0) is 65.9 Å². The molecule has 5 aromatic rings. The molecule has 0 aromatic carbocycles. The summed E-state index contributed by atoms with van der Waals surface area (Å²) in [5.74, 6) is 1.38. The quantitative estimate of drug-likeness (QED) is 0.338. The Balaban J connectivity index is 1.36. The molecule has 1 aliphatic rings. The Hall–Kier alpha value is -3.44. The number of halogens is 1. The van der Waals surface area contributed by atoms with Gasteiger partial charge in [0, 0.05) is 24.3 Å². The molecule has 2 unspecified atom stereocenters. The van der Waals surface area contributed by atoms with Crippen molar-refractivity contribution in [1.29, 1.82) is 0 Å². The minimum absolute atomic E-state index is 0.0233. The van der Waals surface area contributed by atoms with E-state index < -0.39 is 0 Å². The number of nitrogens with zero attached hydrogens (tertiary/aromatic N) is 7. The van der Waals surface area contributed by atoms with Crippen LogP contribution in [0, 0.1) is 0 Å². The van der Waals surface area contributed by atoms with Crippen LogP contribution in [-0.2, 0) is 0 Å². The summed E-state index contributed by atoms with van der Waals surface area (Å²) in [6.07, 6.45) is 10.6. The lowest BCUT2D eigenvalue weighted by atomic mass is 9.90. The molecular formula is C24H21BrN8OS. The lowest BCUT2D eigenvalue weighted by Crippen LogP contribution is -2.38. The van der Waals surface area contributed by atoms with E-state index in [-0.39, 0.29) is 18.0 Å². The highest BCUT2D eigenvalue weighted by Gasteiger charge is 2.29. The third-order valence-electron chi connectivity index (χ3n) is 6.22. The molecule has 35 heavy (non-hydrogen) atoms. The maximum Gasteiger partial charge on any atom is 0.261 e. The second kappa shape index (κ2) is 9.31. The molecule has 1 N–H and O–H groups in total. The van der Waals surface area contributed by atoms with E-state index >= 15 is 0 Å². The SMILES string of the molecule is O=C(NC1CCCC(n2c(-c3ccccn3)nc3cc(-n4nccn4)ncc32)C1)c1ccc(Br)s1. The van der Waals surface area contributed by atoms with Gasteiger partial charge in [0.15, 0.2) is 11.6 Å². The molecule has 0 spiro atoms. The Morgan fingerprint density at radius 1 is 1.09 bits per heavy atom. The van der Waals surface area contributed by atoms with Crippen LogP contribution in [0.2, 0.25) is 0 Å². The normalized spacial score (nSPS) is 18.1. The summed E-state index contributed by atoms with van der Waals surface area (Å²) in [5, 5.41) is 11.6. The summed E-state index contributed by atoms with van der Waals surface area (Å²) < 4.78 is 3.19. The highest BCUT2D eigenvalue weighted by molar-refractivity contribution is 9.11. The van der Waals surface area contributed by atoms with Gasteiger partial charge in [-0.15, -0.1) is 16.1 Å². The molecule has 0 radical (unpaired) electrons. The lowest BCUT2D eigenvalue weighted by molar-refractivity contribution is 0.0925. The summed E-state index contributed by atoms with van der Waals surface area (Å²) >= 11 is 4.88. The number of amides is 1. The number of thiophene rings is 1. The van der Waals surface area contributed by atoms with Crippen molar-refractivity contribution in [3.63, 3.8) is 0 Å². The van der Waals surface area contributed by atoms with E-state index in [0.29, 0.717) is 10.7 Å². The minimum atomic E-state index is -0.0233. The molecule has 0 bridgehead atoms. The number of aromatic nitrogens is 7. The van der Waals surface area contributed by atoms with Gasteiger partial charge in [0.05, 0.1) is 38.3 Å². The number of rotatable bonds is 5. The average molecular weight is 549 g/mol. The molecule has 9 nitrogen and oxygen atoms in total. The van der Waals surface area contributed by atoms with E-state index in [1.54, 1.807) is 18.6 Å². The van der Waals surface area contributed by atoms with Gasteiger partial charge in [0.2, 0.25) is 0 Å². The summed E-state index contributed by atoms with van der Waals surface area (Å²) in [6.45, 7) is 0. The summed E-state index contributed by atoms with van der Waals surface area (Å²) in [4.78, 5) is 29.1. The third-order valence-corrected chi connectivity index (χ3v) is 7.85. The monoisotopic (exact) mass is 548 g/mol. The molecule has 0 aliphatic heterocycles. The minimum Gasteiger partial charge on any atom is -0.349 e. The molecule has 11 heteroatoms. The molecule has 1 saturated carbocycles. The highest BCUT2D eigenvalue weighted by atomic mass is 79.9. The predicted molar refractivity (Wildman–Crippen MR) is 136 cm³/mol. The number of pyridine rings is 2. The fourth-order valence-corrected chi connectivity index (χ4v) is 5.98. The van der Waals surface area contributed by atoms with Crippen molar-refractivity contribution in [3.05, 3.63) is 69.8 Å². The molecule has 1 fully saturated rings. The Kier molecular flexibility index (Phi) is 5.86. The fraction of sp³-hybridized carbons (Fsp3) is 0.250.